The molecule has 1 unspecified atom stereocenters. The van der Waals surface area contributed by atoms with Gasteiger partial charge in [0.25, 0.3) is 0 Å². The fourth-order valence-corrected chi connectivity index (χ4v) is 3.59. The second kappa shape index (κ2) is 10.2. The summed E-state index contributed by atoms with van der Waals surface area (Å²) in [6.45, 7) is 9.74. The first-order valence-electron chi connectivity index (χ1n) is 10.7. The number of anilines is 3. The van der Waals surface area contributed by atoms with E-state index < -0.39 is 0 Å². The van der Waals surface area contributed by atoms with Crippen LogP contribution in [0, 0.1) is 17.2 Å². The van der Waals surface area contributed by atoms with Crippen molar-refractivity contribution in [3.63, 3.8) is 0 Å². The third-order valence-corrected chi connectivity index (χ3v) is 5.19. The molecule has 2 heterocycles. The maximum absolute atomic E-state index is 9.12. The van der Waals surface area contributed by atoms with Gasteiger partial charge in [-0.15, -0.1) is 0 Å². The lowest BCUT2D eigenvalue weighted by atomic mass is 10.1. The van der Waals surface area contributed by atoms with Gasteiger partial charge in [0.05, 0.1) is 11.6 Å². The molecule has 0 aliphatic carbocycles. The smallest absolute Gasteiger partial charge is 0.229 e. The minimum absolute atomic E-state index is 0.516. The number of aromatic nitrogens is 2. The Labute approximate surface area is 174 Å². The fourth-order valence-electron chi connectivity index (χ4n) is 3.59. The normalized spacial score (nSPS) is 16.2. The first-order chi connectivity index (χ1) is 14.1. The third-order valence-electron chi connectivity index (χ3n) is 5.19. The SMILES string of the molecule is CCCc1cc(N2CCC(NCCC(C)C)C2)nc(Nc2cccc(C#N)c2)n1. The van der Waals surface area contributed by atoms with Crippen molar-refractivity contribution in [1.29, 1.82) is 5.26 Å². The molecule has 0 radical (unpaired) electrons. The molecule has 0 bridgehead atoms. The van der Waals surface area contributed by atoms with E-state index in [9.17, 15) is 0 Å². The molecule has 0 spiro atoms. The van der Waals surface area contributed by atoms with Gasteiger partial charge in [0.15, 0.2) is 0 Å². The molecule has 1 aliphatic rings. The number of rotatable bonds is 9. The quantitative estimate of drug-likeness (QED) is 0.664. The fraction of sp³-hybridized carbons (Fsp3) is 0.522. The van der Waals surface area contributed by atoms with Crippen molar-refractivity contribution >= 4 is 17.5 Å². The summed E-state index contributed by atoms with van der Waals surface area (Å²) in [6.07, 6.45) is 4.31. The van der Waals surface area contributed by atoms with Crippen LogP contribution < -0.4 is 15.5 Å². The van der Waals surface area contributed by atoms with Crippen LogP contribution in [0.3, 0.4) is 0 Å². The van der Waals surface area contributed by atoms with Crippen LogP contribution in [-0.4, -0.2) is 35.6 Å². The molecule has 1 aliphatic heterocycles. The second-order valence-electron chi connectivity index (χ2n) is 8.18. The first kappa shape index (κ1) is 21.1. The van der Waals surface area contributed by atoms with Crippen LogP contribution in [0.4, 0.5) is 17.5 Å². The Morgan fingerprint density at radius 2 is 2.14 bits per heavy atom. The molecule has 2 N–H and O–H groups in total. The molecule has 0 amide bonds. The van der Waals surface area contributed by atoms with E-state index in [1.165, 1.54) is 6.42 Å². The van der Waals surface area contributed by atoms with Crippen LogP contribution in [0.25, 0.3) is 0 Å². The summed E-state index contributed by atoms with van der Waals surface area (Å²) < 4.78 is 0. The van der Waals surface area contributed by atoms with Crippen LogP contribution >= 0.6 is 0 Å². The number of hydrogen-bond donors (Lipinski definition) is 2. The molecule has 2 aromatic rings. The van der Waals surface area contributed by atoms with Crippen LogP contribution in [0.1, 0.15) is 51.3 Å². The highest BCUT2D eigenvalue weighted by atomic mass is 15.3. The predicted octanol–water partition coefficient (Wildman–Crippen LogP) is 4.26. The van der Waals surface area contributed by atoms with Crippen LogP contribution in [0.2, 0.25) is 0 Å². The van der Waals surface area contributed by atoms with Gasteiger partial charge in [-0.05, 0) is 49.9 Å². The molecule has 6 nitrogen and oxygen atoms in total. The Balaban J connectivity index is 1.72. The molecule has 154 valence electrons. The lowest BCUT2D eigenvalue weighted by Crippen LogP contribution is -2.33. The highest BCUT2D eigenvalue weighted by molar-refractivity contribution is 5.58. The van der Waals surface area contributed by atoms with Crippen LogP contribution in [0.5, 0.6) is 0 Å². The average Bonchev–Trinajstić information content (AvgIpc) is 3.17. The second-order valence-corrected chi connectivity index (χ2v) is 8.18. The zero-order valence-corrected chi connectivity index (χ0v) is 17.8. The van der Waals surface area contributed by atoms with Crippen molar-refractivity contribution in [2.45, 2.75) is 52.5 Å². The molecule has 3 rings (SSSR count). The van der Waals surface area contributed by atoms with Gasteiger partial charge in [0, 0.05) is 36.6 Å². The highest BCUT2D eigenvalue weighted by Gasteiger charge is 2.24. The van der Waals surface area contributed by atoms with E-state index in [1.807, 2.05) is 18.2 Å². The molecule has 1 fully saturated rings. The van der Waals surface area contributed by atoms with Crippen molar-refractivity contribution in [2.24, 2.45) is 5.92 Å². The van der Waals surface area contributed by atoms with Crippen molar-refractivity contribution < 1.29 is 0 Å². The first-order valence-corrected chi connectivity index (χ1v) is 10.7. The number of benzene rings is 1. The summed E-state index contributed by atoms with van der Waals surface area (Å²) in [7, 11) is 0. The van der Waals surface area contributed by atoms with E-state index >= 15 is 0 Å². The number of nitrogens with one attached hydrogen (secondary N) is 2. The molecule has 1 aromatic heterocycles. The maximum atomic E-state index is 9.12. The van der Waals surface area contributed by atoms with Gasteiger partial charge >= 0.3 is 0 Å². The molecule has 0 saturated carbocycles. The third kappa shape index (κ3) is 6.16. The monoisotopic (exact) mass is 392 g/mol. The standard InChI is InChI=1S/C23H32N6/c1-4-6-19-14-22(29-12-10-21(16-29)25-11-9-17(2)3)28-23(26-19)27-20-8-5-7-18(13-20)15-24/h5,7-8,13-14,17,21,25H,4,6,9-12,16H2,1-3H3,(H,26,27,28). The Morgan fingerprint density at radius 3 is 2.90 bits per heavy atom. The van der Waals surface area contributed by atoms with E-state index in [0.717, 1.165) is 62.0 Å². The predicted molar refractivity (Wildman–Crippen MR) is 119 cm³/mol. The summed E-state index contributed by atoms with van der Waals surface area (Å²) >= 11 is 0. The zero-order valence-electron chi connectivity index (χ0n) is 17.8. The molecular formula is C23H32N6. The molecule has 1 aromatic carbocycles. The summed E-state index contributed by atoms with van der Waals surface area (Å²) in [5, 5.41) is 16.1. The van der Waals surface area contributed by atoms with Gasteiger partial charge < -0.3 is 15.5 Å². The van der Waals surface area contributed by atoms with Crippen molar-refractivity contribution in [1.82, 2.24) is 15.3 Å². The Morgan fingerprint density at radius 1 is 1.28 bits per heavy atom. The Kier molecular flexibility index (Phi) is 7.42. The summed E-state index contributed by atoms with van der Waals surface area (Å²) in [6, 6.07) is 12.2. The van der Waals surface area contributed by atoms with Gasteiger partial charge in [-0.25, -0.2) is 4.98 Å². The van der Waals surface area contributed by atoms with Crippen LogP contribution in [0.15, 0.2) is 30.3 Å². The van der Waals surface area contributed by atoms with Crippen LogP contribution in [-0.2, 0) is 6.42 Å². The van der Waals surface area contributed by atoms with E-state index in [1.54, 1.807) is 6.07 Å². The average molecular weight is 393 g/mol. The zero-order chi connectivity index (χ0) is 20.6. The van der Waals surface area contributed by atoms with Gasteiger partial charge in [-0.3, -0.25) is 0 Å². The van der Waals surface area contributed by atoms with Gasteiger partial charge in [-0.1, -0.05) is 33.3 Å². The van der Waals surface area contributed by atoms with Gasteiger partial charge in [0.1, 0.15) is 5.82 Å². The molecule has 1 atom stereocenters. The number of nitrogens with zero attached hydrogens (tertiary/aromatic N) is 4. The lowest BCUT2D eigenvalue weighted by Gasteiger charge is -2.20. The summed E-state index contributed by atoms with van der Waals surface area (Å²) in [5.74, 6) is 2.31. The number of hydrogen-bond acceptors (Lipinski definition) is 6. The summed E-state index contributed by atoms with van der Waals surface area (Å²) in [4.78, 5) is 11.8. The highest BCUT2D eigenvalue weighted by Crippen LogP contribution is 2.23. The Hall–Kier alpha value is -2.65. The summed E-state index contributed by atoms with van der Waals surface area (Å²) in [5.41, 5.74) is 2.50. The Bertz CT molecular complexity index is 842. The van der Waals surface area contributed by atoms with E-state index in [2.05, 4.69) is 53.4 Å². The van der Waals surface area contributed by atoms with E-state index in [0.29, 0.717) is 17.6 Å². The number of aryl methyl sites for hydroxylation is 1. The molecule has 29 heavy (non-hydrogen) atoms. The largest absolute Gasteiger partial charge is 0.355 e. The topological polar surface area (TPSA) is 76.9 Å². The van der Waals surface area contributed by atoms with E-state index in [4.69, 9.17) is 10.2 Å². The van der Waals surface area contributed by atoms with Crippen molar-refractivity contribution in [2.75, 3.05) is 29.9 Å². The van der Waals surface area contributed by atoms with E-state index in [-0.39, 0.29) is 0 Å². The molecule has 1 saturated heterocycles. The van der Waals surface area contributed by atoms with Gasteiger partial charge in [-0.2, -0.15) is 10.2 Å². The minimum atomic E-state index is 0.516. The van der Waals surface area contributed by atoms with Gasteiger partial charge in [0.2, 0.25) is 5.95 Å². The molecular weight excluding hydrogens is 360 g/mol. The minimum Gasteiger partial charge on any atom is -0.355 e. The van der Waals surface area contributed by atoms with Crippen molar-refractivity contribution in [3.05, 3.63) is 41.6 Å². The molecule has 6 heteroatoms. The lowest BCUT2D eigenvalue weighted by molar-refractivity contribution is 0.488. The van der Waals surface area contributed by atoms with Crippen molar-refractivity contribution in [3.8, 4) is 6.07 Å². The maximum Gasteiger partial charge on any atom is 0.229 e. The number of nitriles is 1.